The first kappa shape index (κ1) is 22.9. The number of hydrogen-bond acceptors (Lipinski definition) is 4. The van der Waals surface area contributed by atoms with Crippen molar-refractivity contribution in [3.05, 3.63) is 83.4 Å². The second-order valence-electron chi connectivity index (χ2n) is 8.42. The topological polar surface area (TPSA) is 65.0 Å². The zero-order chi connectivity index (χ0) is 23.0. The van der Waals surface area contributed by atoms with E-state index in [9.17, 15) is 4.79 Å². The standard InChI is InChI=1S/C28H30O5/c1-20-17-25(33-28-7-2-3-16-31-28)13-14-26(20)23-6-4-5-22(18-23)19-32-24-11-8-21(9-12-24)10-15-27(29)30/h4-6,8-9,11-14,17-18,28H,2-3,7,10,15-16,19H2,1H3,(H,29,30). The third-order valence-corrected chi connectivity index (χ3v) is 5.80. The van der Waals surface area contributed by atoms with Crippen molar-refractivity contribution in [2.75, 3.05) is 6.61 Å². The fourth-order valence-electron chi connectivity index (χ4n) is 3.99. The van der Waals surface area contributed by atoms with Crippen LogP contribution in [0.3, 0.4) is 0 Å². The molecule has 1 N–H and O–H groups in total. The molecular weight excluding hydrogens is 416 g/mol. The zero-order valence-electron chi connectivity index (χ0n) is 19.0. The number of carbonyl (C=O) groups is 1. The Labute approximate surface area is 194 Å². The van der Waals surface area contributed by atoms with Gasteiger partial charge in [-0.05, 0) is 84.3 Å². The minimum atomic E-state index is -0.786. The molecule has 1 atom stereocenters. The summed E-state index contributed by atoms with van der Waals surface area (Å²) in [5.41, 5.74) is 5.52. The van der Waals surface area contributed by atoms with Crippen molar-refractivity contribution in [1.82, 2.24) is 0 Å². The maximum Gasteiger partial charge on any atom is 0.303 e. The second-order valence-corrected chi connectivity index (χ2v) is 8.42. The van der Waals surface area contributed by atoms with Crippen LogP contribution in [0.4, 0.5) is 0 Å². The van der Waals surface area contributed by atoms with Gasteiger partial charge in [-0.3, -0.25) is 4.79 Å². The Balaban J connectivity index is 1.37. The third kappa shape index (κ3) is 6.59. The molecule has 0 saturated carbocycles. The highest BCUT2D eigenvalue weighted by Gasteiger charge is 2.15. The van der Waals surface area contributed by atoms with E-state index in [0.717, 1.165) is 65.2 Å². The van der Waals surface area contributed by atoms with Gasteiger partial charge in [-0.1, -0.05) is 36.4 Å². The molecule has 1 saturated heterocycles. The van der Waals surface area contributed by atoms with Crippen molar-refractivity contribution in [2.24, 2.45) is 0 Å². The van der Waals surface area contributed by atoms with Crippen LogP contribution in [0.25, 0.3) is 11.1 Å². The molecule has 0 amide bonds. The fraction of sp³-hybridized carbons (Fsp3) is 0.321. The maximum absolute atomic E-state index is 10.7. The number of hydrogen-bond donors (Lipinski definition) is 1. The van der Waals surface area contributed by atoms with Crippen LogP contribution in [0.1, 0.15) is 42.4 Å². The van der Waals surface area contributed by atoms with Gasteiger partial charge in [-0.2, -0.15) is 0 Å². The highest BCUT2D eigenvalue weighted by molar-refractivity contribution is 5.69. The molecule has 172 valence electrons. The van der Waals surface area contributed by atoms with E-state index in [0.29, 0.717) is 13.0 Å². The van der Waals surface area contributed by atoms with Gasteiger partial charge in [0.15, 0.2) is 6.29 Å². The molecule has 0 radical (unpaired) electrons. The summed E-state index contributed by atoms with van der Waals surface area (Å²) < 4.78 is 17.6. The monoisotopic (exact) mass is 446 g/mol. The van der Waals surface area contributed by atoms with Crippen LogP contribution in [0.15, 0.2) is 66.7 Å². The number of aliphatic carboxylic acids is 1. The van der Waals surface area contributed by atoms with Gasteiger partial charge in [0.05, 0.1) is 6.61 Å². The Morgan fingerprint density at radius 1 is 1.00 bits per heavy atom. The molecule has 5 nitrogen and oxygen atoms in total. The van der Waals surface area contributed by atoms with Gasteiger partial charge in [0, 0.05) is 12.8 Å². The third-order valence-electron chi connectivity index (χ3n) is 5.80. The summed E-state index contributed by atoms with van der Waals surface area (Å²) in [6.45, 7) is 3.33. The van der Waals surface area contributed by atoms with E-state index in [2.05, 4.69) is 37.3 Å². The quantitative estimate of drug-likeness (QED) is 0.426. The van der Waals surface area contributed by atoms with Gasteiger partial charge in [0.25, 0.3) is 0 Å². The first-order chi connectivity index (χ1) is 16.1. The van der Waals surface area contributed by atoms with E-state index >= 15 is 0 Å². The number of benzene rings is 3. The Bertz CT molecular complexity index is 1070. The molecule has 0 aliphatic carbocycles. The lowest BCUT2D eigenvalue weighted by molar-refractivity contribution is -0.136. The van der Waals surface area contributed by atoms with Crippen LogP contribution in [0.5, 0.6) is 11.5 Å². The minimum absolute atomic E-state index is 0.133. The van der Waals surface area contributed by atoms with Gasteiger partial charge >= 0.3 is 5.97 Å². The summed E-state index contributed by atoms with van der Waals surface area (Å²) in [5, 5.41) is 8.81. The average molecular weight is 447 g/mol. The number of carboxylic acid groups (broad SMARTS) is 1. The maximum atomic E-state index is 10.7. The van der Waals surface area contributed by atoms with Gasteiger partial charge in [-0.15, -0.1) is 0 Å². The van der Waals surface area contributed by atoms with Gasteiger partial charge in [0.2, 0.25) is 0 Å². The highest BCUT2D eigenvalue weighted by Crippen LogP contribution is 2.29. The van der Waals surface area contributed by atoms with E-state index in [-0.39, 0.29) is 12.7 Å². The molecule has 1 heterocycles. The van der Waals surface area contributed by atoms with Crippen LogP contribution in [0, 0.1) is 6.92 Å². The number of aryl methyl sites for hydroxylation is 2. The molecule has 0 spiro atoms. The molecule has 3 aromatic carbocycles. The number of ether oxygens (including phenoxy) is 3. The Kier molecular flexibility index (Phi) is 7.63. The molecule has 33 heavy (non-hydrogen) atoms. The molecule has 1 unspecified atom stereocenters. The summed E-state index contributed by atoms with van der Waals surface area (Å²) in [7, 11) is 0. The smallest absolute Gasteiger partial charge is 0.303 e. The fourth-order valence-corrected chi connectivity index (χ4v) is 3.99. The highest BCUT2D eigenvalue weighted by atomic mass is 16.7. The lowest BCUT2D eigenvalue weighted by atomic mass is 9.99. The van der Waals surface area contributed by atoms with E-state index in [4.69, 9.17) is 19.3 Å². The van der Waals surface area contributed by atoms with Crippen molar-refractivity contribution >= 4 is 5.97 Å². The molecule has 0 bridgehead atoms. The van der Waals surface area contributed by atoms with Gasteiger partial charge < -0.3 is 19.3 Å². The lowest BCUT2D eigenvalue weighted by Crippen LogP contribution is -2.24. The summed E-state index contributed by atoms with van der Waals surface area (Å²) >= 11 is 0. The molecular formula is C28H30O5. The van der Waals surface area contributed by atoms with E-state index in [1.165, 1.54) is 0 Å². The Morgan fingerprint density at radius 2 is 1.82 bits per heavy atom. The van der Waals surface area contributed by atoms with Crippen LogP contribution >= 0.6 is 0 Å². The van der Waals surface area contributed by atoms with E-state index in [1.807, 2.05) is 36.4 Å². The zero-order valence-corrected chi connectivity index (χ0v) is 19.0. The summed E-state index contributed by atoms with van der Waals surface area (Å²) in [4.78, 5) is 10.7. The lowest BCUT2D eigenvalue weighted by Gasteiger charge is -2.23. The first-order valence-corrected chi connectivity index (χ1v) is 11.5. The van der Waals surface area contributed by atoms with Crippen LogP contribution in [0.2, 0.25) is 0 Å². The number of rotatable bonds is 9. The molecule has 5 heteroatoms. The minimum Gasteiger partial charge on any atom is -0.489 e. The van der Waals surface area contributed by atoms with Crippen LogP contribution in [-0.2, 0) is 22.6 Å². The van der Waals surface area contributed by atoms with E-state index in [1.54, 1.807) is 0 Å². The predicted molar refractivity (Wildman–Crippen MR) is 128 cm³/mol. The SMILES string of the molecule is Cc1cc(OC2CCCCO2)ccc1-c1cccc(COc2ccc(CCC(=O)O)cc2)c1. The van der Waals surface area contributed by atoms with Crippen molar-refractivity contribution < 1.29 is 24.1 Å². The summed E-state index contributed by atoms with van der Waals surface area (Å²) in [6, 6.07) is 22.1. The molecule has 1 aliphatic heterocycles. The average Bonchev–Trinajstić information content (AvgIpc) is 2.83. The van der Waals surface area contributed by atoms with Crippen molar-refractivity contribution in [1.29, 1.82) is 0 Å². The van der Waals surface area contributed by atoms with Crippen LogP contribution < -0.4 is 9.47 Å². The van der Waals surface area contributed by atoms with Crippen LogP contribution in [-0.4, -0.2) is 24.0 Å². The normalized spacial score (nSPS) is 15.7. The Morgan fingerprint density at radius 3 is 2.55 bits per heavy atom. The van der Waals surface area contributed by atoms with Crippen molar-refractivity contribution in [2.45, 2.75) is 51.9 Å². The molecule has 3 aromatic rings. The van der Waals surface area contributed by atoms with Crippen molar-refractivity contribution in [3.8, 4) is 22.6 Å². The van der Waals surface area contributed by atoms with E-state index < -0.39 is 5.97 Å². The number of carboxylic acids is 1. The van der Waals surface area contributed by atoms with Gasteiger partial charge in [-0.25, -0.2) is 0 Å². The summed E-state index contributed by atoms with van der Waals surface area (Å²) in [6.07, 6.45) is 3.70. The molecule has 4 rings (SSSR count). The second kappa shape index (κ2) is 11.0. The molecule has 1 fully saturated rings. The molecule has 1 aliphatic rings. The molecule has 0 aromatic heterocycles. The summed E-state index contributed by atoms with van der Waals surface area (Å²) in [5.74, 6) is 0.822. The largest absolute Gasteiger partial charge is 0.489 e. The van der Waals surface area contributed by atoms with Gasteiger partial charge in [0.1, 0.15) is 18.1 Å². The van der Waals surface area contributed by atoms with Crippen molar-refractivity contribution in [3.63, 3.8) is 0 Å². The first-order valence-electron chi connectivity index (χ1n) is 11.5. The Hall–Kier alpha value is -3.31. The predicted octanol–water partition coefficient (Wildman–Crippen LogP) is 6.16.